The molecule has 1 saturated heterocycles. The van der Waals surface area contributed by atoms with E-state index < -0.39 is 0 Å². The van der Waals surface area contributed by atoms with Crippen molar-refractivity contribution in [2.45, 2.75) is 0 Å². The molecule has 0 radical (unpaired) electrons. The van der Waals surface area contributed by atoms with Gasteiger partial charge in [-0.25, -0.2) is 0 Å². The fourth-order valence-electron chi connectivity index (χ4n) is 2.61. The lowest BCUT2D eigenvalue weighted by Crippen LogP contribution is -2.49. The normalized spacial score (nSPS) is 17.0. The van der Waals surface area contributed by atoms with Crippen LogP contribution in [0.2, 0.25) is 0 Å². The predicted molar refractivity (Wildman–Crippen MR) is 86.0 cm³/mol. The van der Waals surface area contributed by atoms with Crippen molar-refractivity contribution in [3.8, 4) is 0 Å². The number of anilines is 1. The van der Waals surface area contributed by atoms with E-state index >= 15 is 0 Å². The van der Waals surface area contributed by atoms with Crippen molar-refractivity contribution >= 4 is 34.4 Å². The summed E-state index contributed by atoms with van der Waals surface area (Å²) in [5, 5.41) is 11.9. The molecule has 0 spiro atoms. The number of aliphatic hydroxyl groups is 1. The van der Waals surface area contributed by atoms with Gasteiger partial charge >= 0.3 is 0 Å². The average Bonchev–Trinajstić information content (AvgIpc) is 2.99. The van der Waals surface area contributed by atoms with Gasteiger partial charge in [0, 0.05) is 32.7 Å². The van der Waals surface area contributed by atoms with Crippen LogP contribution in [-0.2, 0) is 4.79 Å². The van der Waals surface area contributed by atoms with E-state index in [-0.39, 0.29) is 12.5 Å². The molecular formula is C14H19N5O2S. The Morgan fingerprint density at radius 1 is 1.23 bits per heavy atom. The number of carbonyl (C=O) groups excluding carboxylic acids is 1. The Morgan fingerprint density at radius 2 is 2.00 bits per heavy atom. The topological polar surface area (TPSA) is 81.6 Å². The minimum atomic E-state index is -0.0314. The number of nitrogens with zero attached hydrogens (tertiary/aromatic N) is 4. The molecule has 8 heteroatoms. The van der Waals surface area contributed by atoms with Gasteiger partial charge in [0.1, 0.15) is 11.0 Å². The first kappa shape index (κ1) is 15.3. The Morgan fingerprint density at radius 3 is 2.77 bits per heavy atom. The SMILES string of the molecule is O=C(CN1CCN(CCO)CC1)Nc1cccc2nsnc12. The highest BCUT2D eigenvalue weighted by Gasteiger charge is 2.19. The summed E-state index contributed by atoms with van der Waals surface area (Å²) in [6.07, 6.45) is 0. The van der Waals surface area contributed by atoms with Crippen molar-refractivity contribution < 1.29 is 9.90 Å². The summed E-state index contributed by atoms with van der Waals surface area (Å²) < 4.78 is 8.39. The molecule has 1 aliphatic heterocycles. The fourth-order valence-corrected chi connectivity index (χ4v) is 3.16. The average molecular weight is 321 g/mol. The molecule has 1 amide bonds. The lowest BCUT2D eigenvalue weighted by atomic mass is 10.2. The third-order valence-corrected chi connectivity index (χ3v) is 4.35. The molecule has 1 aromatic heterocycles. The molecule has 3 rings (SSSR count). The molecule has 1 aromatic carbocycles. The lowest BCUT2D eigenvalue weighted by molar-refractivity contribution is -0.117. The van der Waals surface area contributed by atoms with Crippen LogP contribution in [0.25, 0.3) is 11.0 Å². The molecule has 7 nitrogen and oxygen atoms in total. The maximum atomic E-state index is 12.2. The second-order valence-electron chi connectivity index (χ2n) is 5.33. The number of carbonyl (C=O) groups is 1. The van der Waals surface area contributed by atoms with E-state index in [0.29, 0.717) is 13.1 Å². The molecule has 1 fully saturated rings. The Bertz CT molecular complexity index is 639. The van der Waals surface area contributed by atoms with Gasteiger partial charge < -0.3 is 10.4 Å². The monoisotopic (exact) mass is 321 g/mol. The lowest BCUT2D eigenvalue weighted by Gasteiger charge is -2.33. The van der Waals surface area contributed by atoms with E-state index in [1.165, 1.54) is 0 Å². The Kier molecular flexibility index (Phi) is 4.94. The van der Waals surface area contributed by atoms with Gasteiger partial charge in [0.25, 0.3) is 0 Å². The van der Waals surface area contributed by atoms with Crippen LogP contribution in [0.15, 0.2) is 18.2 Å². The highest BCUT2D eigenvalue weighted by molar-refractivity contribution is 7.00. The molecule has 0 saturated carbocycles. The van der Waals surface area contributed by atoms with Crippen LogP contribution in [0.5, 0.6) is 0 Å². The molecule has 118 valence electrons. The van der Waals surface area contributed by atoms with Gasteiger partial charge in [0.05, 0.1) is 30.6 Å². The van der Waals surface area contributed by atoms with E-state index in [2.05, 4.69) is 23.9 Å². The first-order chi connectivity index (χ1) is 10.8. The van der Waals surface area contributed by atoms with Crippen molar-refractivity contribution in [3.05, 3.63) is 18.2 Å². The van der Waals surface area contributed by atoms with Crippen molar-refractivity contribution in [3.63, 3.8) is 0 Å². The number of amides is 1. The van der Waals surface area contributed by atoms with Crippen molar-refractivity contribution in [2.75, 3.05) is 51.2 Å². The van der Waals surface area contributed by atoms with Gasteiger partial charge in [-0.15, -0.1) is 0 Å². The van der Waals surface area contributed by atoms with Crippen molar-refractivity contribution in [1.29, 1.82) is 0 Å². The molecule has 0 bridgehead atoms. The van der Waals surface area contributed by atoms with Gasteiger partial charge in [0.2, 0.25) is 5.91 Å². The van der Waals surface area contributed by atoms with Crippen LogP contribution in [-0.4, -0.2) is 75.4 Å². The number of β-amino-alcohol motifs (C(OH)–C–C–N with tert-alkyl or cyclic N) is 1. The van der Waals surface area contributed by atoms with Crippen LogP contribution >= 0.6 is 11.7 Å². The number of aromatic nitrogens is 2. The maximum absolute atomic E-state index is 12.2. The number of piperazine rings is 1. The van der Waals surface area contributed by atoms with Crippen molar-refractivity contribution in [2.24, 2.45) is 0 Å². The zero-order valence-corrected chi connectivity index (χ0v) is 13.1. The molecule has 22 heavy (non-hydrogen) atoms. The molecule has 0 aliphatic carbocycles. The predicted octanol–water partition coefficient (Wildman–Crippen LogP) is 0.240. The van der Waals surface area contributed by atoms with Crippen molar-refractivity contribution in [1.82, 2.24) is 18.5 Å². The maximum Gasteiger partial charge on any atom is 0.238 e. The number of nitrogens with one attached hydrogen (secondary N) is 1. The van der Waals surface area contributed by atoms with Crippen LogP contribution in [0.1, 0.15) is 0 Å². The molecule has 0 unspecified atom stereocenters. The van der Waals surface area contributed by atoms with Crippen LogP contribution in [0.4, 0.5) is 5.69 Å². The number of benzene rings is 1. The number of rotatable bonds is 5. The summed E-state index contributed by atoms with van der Waals surface area (Å²) >= 11 is 1.15. The third kappa shape index (κ3) is 3.58. The number of hydrogen-bond acceptors (Lipinski definition) is 7. The first-order valence-corrected chi connectivity index (χ1v) is 8.06. The number of hydrogen-bond donors (Lipinski definition) is 2. The fraction of sp³-hybridized carbons (Fsp3) is 0.500. The summed E-state index contributed by atoms with van der Waals surface area (Å²) in [5.74, 6) is -0.0314. The van der Waals surface area contributed by atoms with Gasteiger partial charge in [-0.2, -0.15) is 8.75 Å². The highest BCUT2D eigenvalue weighted by Crippen LogP contribution is 2.21. The Balaban J connectivity index is 1.54. The smallest absolute Gasteiger partial charge is 0.238 e. The first-order valence-electron chi connectivity index (χ1n) is 7.33. The molecule has 2 heterocycles. The van der Waals surface area contributed by atoms with E-state index in [4.69, 9.17) is 5.11 Å². The number of fused-ring (bicyclic) bond motifs is 1. The molecule has 2 aromatic rings. The third-order valence-electron chi connectivity index (χ3n) is 3.81. The second-order valence-corrected chi connectivity index (χ2v) is 5.86. The second kappa shape index (κ2) is 7.10. The van der Waals surface area contributed by atoms with E-state index in [1.807, 2.05) is 18.2 Å². The molecular weight excluding hydrogens is 302 g/mol. The van der Waals surface area contributed by atoms with Gasteiger partial charge in [0.15, 0.2) is 0 Å². The van der Waals surface area contributed by atoms with E-state index in [9.17, 15) is 4.79 Å². The van der Waals surface area contributed by atoms with Gasteiger partial charge in [-0.1, -0.05) is 6.07 Å². The summed E-state index contributed by atoms with van der Waals surface area (Å²) in [6, 6.07) is 5.60. The van der Waals surface area contributed by atoms with Crippen LogP contribution in [0, 0.1) is 0 Å². The molecule has 0 atom stereocenters. The summed E-state index contributed by atoms with van der Waals surface area (Å²) in [5.41, 5.74) is 2.27. The van der Waals surface area contributed by atoms with Crippen LogP contribution in [0.3, 0.4) is 0 Å². The minimum Gasteiger partial charge on any atom is -0.395 e. The van der Waals surface area contributed by atoms with E-state index in [1.54, 1.807) is 0 Å². The highest BCUT2D eigenvalue weighted by atomic mass is 32.1. The largest absolute Gasteiger partial charge is 0.395 e. The van der Waals surface area contributed by atoms with Crippen LogP contribution < -0.4 is 5.32 Å². The summed E-state index contributed by atoms with van der Waals surface area (Å²) in [7, 11) is 0. The Hall–Kier alpha value is -1.61. The number of aliphatic hydroxyl groups excluding tert-OH is 1. The zero-order valence-electron chi connectivity index (χ0n) is 12.2. The quantitative estimate of drug-likeness (QED) is 0.821. The van der Waals surface area contributed by atoms with Gasteiger partial charge in [-0.3, -0.25) is 14.6 Å². The molecule has 1 aliphatic rings. The van der Waals surface area contributed by atoms with E-state index in [0.717, 1.165) is 54.6 Å². The summed E-state index contributed by atoms with van der Waals surface area (Å²) in [4.78, 5) is 16.5. The standard InChI is InChI=1S/C14H19N5O2S/c20-9-8-18-4-6-19(7-5-18)10-13(21)15-11-2-1-3-12-14(11)17-22-16-12/h1-3,20H,4-10H2,(H,15,21). The minimum absolute atomic E-state index is 0.0314. The zero-order chi connectivity index (χ0) is 15.4. The molecule has 2 N–H and O–H groups in total. The Labute approximate surface area is 132 Å². The van der Waals surface area contributed by atoms with Gasteiger partial charge in [-0.05, 0) is 12.1 Å². The summed E-state index contributed by atoms with van der Waals surface area (Å²) in [6.45, 7) is 4.73.